The molecule has 0 aromatic heterocycles. The van der Waals surface area contributed by atoms with Crippen molar-refractivity contribution in [1.29, 1.82) is 0 Å². The second-order valence-electron chi connectivity index (χ2n) is 10.1. The highest BCUT2D eigenvalue weighted by atomic mass is 16.2. The molecular formula is C23H46N4O2. The van der Waals surface area contributed by atoms with Gasteiger partial charge in [-0.15, -0.1) is 0 Å². The number of unbranched alkanes of at least 4 members (excludes halogenated alkanes) is 6. The van der Waals surface area contributed by atoms with Crippen LogP contribution in [0.25, 0.3) is 0 Å². The largest absolute Gasteiger partial charge is 0.370 e. The second-order valence-corrected chi connectivity index (χ2v) is 10.1. The van der Waals surface area contributed by atoms with Gasteiger partial charge in [0.15, 0.2) is 0 Å². The number of hydrazine groups is 1. The first-order valence-electron chi connectivity index (χ1n) is 11.7. The highest BCUT2D eigenvalue weighted by molar-refractivity contribution is 5.75. The number of nitrogens with zero attached hydrogens (tertiary/aromatic N) is 1. The van der Waals surface area contributed by atoms with Crippen molar-refractivity contribution in [3.63, 3.8) is 0 Å². The van der Waals surface area contributed by atoms with E-state index in [0.717, 1.165) is 70.8 Å². The van der Waals surface area contributed by atoms with Crippen LogP contribution in [0.5, 0.6) is 0 Å². The molecule has 0 aromatic rings. The van der Waals surface area contributed by atoms with Crippen LogP contribution in [-0.2, 0) is 9.59 Å². The van der Waals surface area contributed by atoms with Gasteiger partial charge in [0.1, 0.15) is 0 Å². The molecule has 2 amide bonds. The van der Waals surface area contributed by atoms with Crippen molar-refractivity contribution < 1.29 is 9.59 Å². The lowest BCUT2D eigenvalue weighted by Crippen LogP contribution is -2.63. The molecule has 1 fully saturated rings. The summed E-state index contributed by atoms with van der Waals surface area (Å²) in [4.78, 5) is 23.6. The minimum atomic E-state index is -0.212. The Morgan fingerprint density at radius 2 is 1.45 bits per heavy atom. The quantitative estimate of drug-likeness (QED) is 0.298. The summed E-state index contributed by atoms with van der Waals surface area (Å²) in [5.41, 5.74) is 8.86. The molecule has 1 aliphatic rings. The fourth-order valence-electron chi connectivity index (χ4n) is 4.63. The topological polar surface area (TPSA) is 87.5 Å². The Hall–Kier alpha value is -1.14. The third kappa shape index (κ3) is 11.6. The van der Waals surface area contributed by atoms with E-state index in [0.29, 0.717) is 18.9 Å². The molecule has 0 spiro atoms. The molecule has 29 heavy (non-hydrogen) atoms. The van der Waals surface area contributed by atoms with E-state index >= 15 is 0 Å². The van der Waals surface area contributed by atoms with E-state index in [4.69, 9.17) is 5.73 Å². The van der Waals surface area contributed by atoms with Gasteiger partial charge in [-0.2, -0.15) is 0 Å². The van der Waals surface area contributed by atoms with Crippen LogP contribution in [-0.4, -0.2) is 40.5 Å². The van der Waals surface area contributed by atoms with E-state index in [1.165, 1.54) is 0 Å². The lowest BCUT2D eigenvalue weighted by Gasteiger charge is -2.47. The minimum absolute atomic E-state index is 0.0629. The van der Waals surface area contributed by atoms with Crippen LogP contribution in [0.15, 0.2) is 0 Å². The fraction of sp³-hybridized carbons (Fsp3) is 0.913. The number of carbonyl (C=O) groups is 2. The van der Waals surface area contributed by atoms with Gasteiger partial charge in [0.05, 0.1) is 0 Å². The second kappa shape index (κ2) is 12.5. The molecule has 0 aromatic carbocycles. The molecule has 0 atom stereocenters. The molecule has 0 unspecified atom stereocenters. The molecule has 1 aliphatic heterocycles. The zero-order chi connectivity index (χ0) is 21.9. The SMILES string of the molecule is CCCCN(NC1CC(C)(C)NC(C)(C)C1)C(=O)CCCCCCCCC(N)=O. The summed E-state index contributed by atoms with van der Waals surface area (Å²) < 4.78 is 0. The maximum atomic E-state index is 12.9. The predicted octanol–water partition coefficient (Wildman–Crippen LogP) is 4.04. The number of carbonyl (C=O) groups excluding carboxylic acids is 2. The van der Waals surface area contributed by atoms with E-state index in [2.05, 4.69) is 45.4 Å². The predicted molar refractivity (Wildman–Crippen MR) is 120 cm³/mol. The van der Waals surface area contributed by atoms with Gasteiger partial charge in [-0.3, -0.25) is 14.6 Å². The Bertz CT molecular complexity index is 489. The number of hydrogen-bond donors (Lipinski definition) is 3. The Kier molecular flexibility index (Phi) is 11.2. The highest BCUT2D eigenvalue weighted by Crippen LogP contribution is 2.28. The van der Waals surface area contributed by atoms with Crippen LogP contribution in [0.4, 0.5) is 0 Å². The fourth-order valence-corrected chi connectivity index (χ4v) is 4.63. The molecule has 6 heteroatoms. The van der Waals surface area contributed by atoms with Gasteiger partial charge in [0.25, 0.3) is 0 Å². The first-order chi connectivity index (χ1) is 13.5. The van der Waals surface area contributed by atoms with Gasteiger partial charge >= 0.3 is 0 Å². The maximum Gasteiger partial charge on any atom is 0.236 e. The number of rotatable bonds is 14. The van der Waals surface area contributed by atoms with Crippen LogP contribution in [0.1, 0.15) is 112 Å². The summed E-state index contributed by atoms with van der Waals surface area (Å²) in [6, 6.07) is 0.312. The lowest BCUT2D eigenvalue weighted by molar-refractivity contribution is -0.136. The van der Waals surface area contributed by atoms with E-state index in [-0.39, 0.29) is 22.9 Å². The zero-order valence-corrected chi connectivity index (χ0v) is 19.6. The highest BCUT2D eigenvalue weighted by Gasteiger charge is 2.38. The monoisotopic (exact) mass is 410 g/mol. The third-order valence-electron chi connectivity index (χ3n) is 5.63. The van der Waals surface area contributed by atoms with Crippen molar-refractivity contribution in [3.05, 3.63) is 0 Å². The van der Waals surface area contributed by atoms with Crippen molar-refractivity contribution in [1.82, 2.24) is 15.8 Å². The molecule has 0 aliphatic carbocycles. The third-order valence-corrected chi connectivity index (χ3v) is 5.63. The molecule has 0 saturated carbocycles. The first-order valence-corrected chi connectivity index (χ1v) is 11.7. The maximum absolute atomic E-state index is 12.9. The van der Waals surface area contributed by atoms with E-state index in [1.807, 2.05) is 5.01 Å². The van der Waals surface area contributed by atoms with Gasteiger partial charge < -0.3 is 11.1 Å². The van der Waals surface area contributed by atoms with Crippen molar-refractivity contribution in [2.75, 3.05) is 6.54 Å². The van der Waals surface area contributed by atoms with E-state index < -0.39 is 0 Å². The summed E-state index contributed by atoms with van der Waals surface area (Å²) in [7, 11) is 0. The zero-order valence-electron chi connectivity index (χ0n) is 19.6. The van der Waals surface area contributed by atoms with E-state index in [1.54, 1.807) is 0 Å². The van der Waals surface area contributed by atoms with Crippen LogP contribution in [0.3, 0.4) is 0 Å². The molecule has 4 N–H and O–H groups in total. The Morgan fingerprint density at radius 1 is 0.931 bits per heavy atom. The summed E-state index contributed by atoms with van der Waals surface area (Å²) in [5, 5.41) is 5.61. The number of nitrogens with two attached hydrogens (primary N) is 1. The lowest BCUT2D eigenvalue weighted by atomic mass is 9.80. The number of amides is 2. The Labute approximate surface area is 178 Å². The molecule has 0 bridgehead atoms. The van der Waals surface area contributed by atoms with Gasteiger partial charge in [-0.05, 0) is 59.8 Å². The van der Waals surface area contributed by atoms with Crippen molar-refractivity contribution >= 4 is 11.8 Å². The van der Waals surface area contributed by atoms with Crippen molar-refractivity contribution in [2.45, 2.75) is 129 Å². The molecule has 1 saturated heterocycles. The van der Waals surface area contributed by atoms with Crippen LogP contribution in [0, 0.1) is 0 Å². The van der Waals surface area contributed by atoms with Crippen molar-refractivity contribution in [2.24, 2.45) is 5.73 Å². The van der Waals surface area contributed by atoms with E-state index in [9.17, 15) is 9.59 Å². The van der Waals surface area contributed by atoms with Gasteiger partial charge in [-0.1, -0.05) is 39.0 Å². The normalized spacial score (nSPS) is 18.5. The van der Waals surface area contributed by atoms with Gasteiger partial charge in [-0.25, -0.2) is 5.43 Å². The number of hydrogen-bond acceptors (Lipinski definition) is 4. The molecule has 1 rings (SSSR count). The number of primary amides is 1. The minimum Gasteiger partial charge on any atom is -0.370 e. The average molecular weight is 411 g/mol. The average Bonchev–Trinajstić information content (AvgIpc) is 2.57. The summed E-state index contributed by atoms with van der Waals surface area (Å²) in [5.74, 6) is 0.0112. The smallest absolute Gasteiger partial charge is 0.236 e. The van der Waals surface area contributed by atoms with Crippen LogP contribution in [0.2, 0.25) is 0 Å². The number of piperidine rings is 1. The molecule has 1 heterocycles. The molecule has 0 radical (unpaired) electrons. The Balaban J connectivity index is 2.41. The first kappa shape index (κ1) is 25.9. The van der Waals surface area contributed by atoms with Crippen LogP contribution >= 0.6 is 0 Å². The van der Waals surface area contributed by atoms with Gasteiger partial charge in [0.2, 0.25) is 11.8 Å². The molecule has 170 valence electrons. The summed E-state index contributed by atoms with van der Waals surface area (Å²) in [6.45, 7) is 11.9. The van der Waals surface area contributed by atoms with Gasteiger partial charge in [0, 0.05) is 36.5 Å². The van der Waals surface area contributed by atoms with Crippen molar-refractivity contribution in [3.8, 4) is 0 Å². The standard InChI is InChI=1S/C23H46N4O2/c1-6-7-16-27(25-19-17-22(2,3)26-23(4,5)18-19)21(29)15-13-11-9-8-10-12-14-20(24)28/h19,25-26H,6-18H2,1-5H3,(H2,24,28). The summed E-state index contributed by atoms with van der Waals surface area (Å²) in [6.07, 6.45) is 11.4. The van der Waals surface area contributed by atoms with Crippen LogP contribution < -0.4 is 16.5 Å². The summed E-state index contributed by atoms with van der Waals surface area (Å²) >= 11 is 0. The Morgan fingerprint density at radius 3 is 1.97 bits per heavy atom. The number of nitrogens with one attached hydrogen (secondary N) is 2. The molecule has 6 nitrogen and oxygen atoms in total. The molecular weight excluding hydrogens is 364 g/mol.